The third-order valence-corrected chi connectivity index (χ3v) is 3.77. The Morgan fingerprint density at radius 3 is 2.90 bits per heavy atom. The number of rotatable bonds is 3. The van der Waals surface area contributed by atoms with Gasteiger partial charge in [0.1, 0.15) is 11.9 Å². The molecule has 3 rings (SSSR count). The van der Waals surface area contributed by atoms with Gasteiger partial charge in [0.15, 0.2) is 0 Å². The van der Waals surface area contributed by atoms with E-state index < -0.39 is 0 Å². The molecule has 1 unspecified atom stereocenters. The lowest BCUT2D eigenvalue weighted by Crippen LogP contribution is -2.47. The number of nitrogens with two attached hydrogens (primary N) is 1. The molecule has 1 aliphatic heterocycles. The second-order valence-corrected chi connectivity index (χ2v) is 5.19. The van der Waals surface area contributed by atoms with Crippen molar-refractivity contribution in [2.75, 3.05) is 19.7 Å². The molecular formula is C16H19N3O. The zero-order valence-corrected chi connectivity index (χ0v) is 11.4. The fourth-order valence-corrected chi connectivity index (χ4v) is 2.71. The Kier molecular flexibility index (Phi) is 3.67. The highest BCUT2D eigenvalue weighted by molar-refractivity contribution is 5.85. The molecule has 4 heteroatoms. The van der Waals surface area contributed by atoms with Crippen LogP contribution in [0.1, 0.15) is 5.56 Å². The summed E-state index contributed by atoms with van der Waals surface area (Å²) >= 11 is 0. The van der Waals surface area contributed by atoms with Crippen molar-refractivity contribution in [1.29, 1.82) is 5.41 Å². The molecule has 20 heavy (non-hydrogen) atoms. The minimum absolute atomic E-state index is 0.118. The van der Waals surface area contributed by atoms with Crippen LogP contribution in [0, 0.1) is 5.41 Å². The van der Waals surface area contributed by atoms with E-state index in [1.165, 1.54) is 16.3 Å². The minimum Gasteiger partial charge on any atom is -0.385 e. The number of nitrogens with one attached hydrogen (secondary N) is 1. The summed E-state index contributed by atoms with van der Waals surface area (Å²) in [5, 5.41) is 10.1. The highest BCUT2D eigenvalue weighted by Gasteiger charge is 2.22. The fraction of sp³-hybridized carbons (Fsp3) is 0.312. The van der Waals surface area contributed by atoms with Crippen molar-refractivity contribution in [3.63, 3.8) is 0 Å². The molecule has 2 aromatic carbocycles. The quantitative estimate of drug-likeness (QED) is 0.661. The molecule has 0 aromatic heterocycles. The summed E-state index contributed by atoms with van der Waals surface area (Å²) in [6.07, 6.45) is -0.265. The summed E-state index contributed by atoms with van der Waals surface area (Å²) in [5.74, 6) is 0.118. The van der Waals surface area contributed by atoms with E-state index in [2.05, 4.69) is 47.4 Å². The number of nitrogens with zero attached hydrogens (tertiary/aromatic N) is 1. The Morgan fingerprint density at radius 2 is 2.05 bits per heavy atom. The van der Waals surface area contributed by atoms with Crippen LogP contribution >= 0.6 is 0 Å². The van der Waals surface area contributed by atoms with Crippen molar-refractivity contribution in [3.8, 4) is 0 Å². The average molecular weight is 269 g/mol. The highest BCUT2D eigenvalue weighted by Crippen LogP contribution is 2.20. The zero-order valence-electron chi connectivity index (χ0n) is 11.4. The van der Waals surface area contributed by atoms with Crippen LogP contribution in [0.25, 0.3) is 10.8 Å². The van der Waals surface area contributed by atoms with Gasteiger partial charge in [-0.15, -0.1) is 0 Å². The molecule has 2 aromatic rings. The molecule has 104 valence electrons. The van der Waals surface area contributed by atoms with E-state index in [-0.39, 0.29) is 11.9 Å². The van der Waals surface area contributed by atoms with E-state index in [9.17, 15) is 0 Å². The first kappa shape index (κ1) is 13.1. The SMILES string of the molecule is N=C(N)C1CN(Cc2cccc3ccccc23)CCO1. The van der Waals surface area contributed by atoms with Crippen molar-refractivity contribution in [3.05, 3.63) is 48.0 Å². The van der Waals surface area contributed by atoms with Crippen molar-refractivity contribution < 1.29 is 4.74 Å². The molecule has 1 fully saturated rings. The maximum atomic E-state index is 7.52. The molecule has 0 aliphatic carbocycles. The van der Waals surface area contributed by atoms with Crippen LogP contribution < -0.4 is 5.73 Å². The van der Waals surface area contributed by atoms with Crippen LogP contribution in [0.3, 0.4) is 0 Å². The van der Waals surface area contributed by atoms with Gasteiger partial charge >= 0.3 is 0 Å². The van der Waals surface area contributed by atoms with E-state index in [1.54, 1.807) is 0 Å². The zero-order chi connectivity index (χ0) is 13.9. The fourth-order valence-electron chi connectivity index (χ4n) is 2.71. The molecule has 0 saturated carbocycles. The van der Waals surface area contributed by atoms with Gasteiger partial charge < -0.3 is 10.5 Å². The van der Waals surface area contributed by atoms with Crippen LogP contribution in [-0.2, 0) is 11.3 Å². The van der Waals surface area contributed by atoms with Gasteiger partial charge in [-0.05, 0) is 16.3 Å². The first-order chi connectivity index (χ1) is 9.74. The van der Waals surface area contributed by atoms with Crippen LogP contribution in [0.2, 0.25) is 0 Å². The number of morpholine rings is 1. The molecule has 0 spiro atoms. The maximum Gasteiger partial charge on any atom is 0.127 e. The molecule has 3 N–H and O–H groups in total. The summed E-state index contributed by atoms with van der Waals surface area (Å²) in [7, 11) is 0. The molecule has 0 bridgehead atoms. The van der Waals surface area contributed by atoms with Crippen molar-refractivity contribution in [2.45, 2.75) is 12.6 Å². The normalized spacial score (nSPS) is 20.1. The lowest BCUT2D eigenvalue weighted by Gasteiger charge is -2.32. The van der Waals surface area contributed by atoms with Gasteiger partial charge in [0.05, 0.1) is 6.61 Å². The topological polar surface area (TPSA) is 62.3 Å². The standard InChI is InChI=1S/C16H19N3O/c17-16(18)15-11-19(8-9-20-15)10-13-6-3-5-12-4-1-2-7-14(12)13/h1-7,15H,8-11H2,(H3,17,18). The van der Waals surface area contributed by atoms with E-state index in [0.717, 1.165) is 13.1 Å². The number of benzene rings is 2. The van der Waals surface area contributed by atoms with E-state index in [1.807, 2.05) is 0 Å². The van der Waals surface area contributed by atoms with Crippen LogP contribution in [0.4, 0.5) is 0 Å². The third-order valence-electron chi connectivity index (χ3n) is 3.77. The Hall–Kier alpha value is -1.91. The van der Waals surface area contributed by atoms with Gasteiger partial charge in [-0.25, -0.2) is 0 Å². The van der Waals surface area contributed by atoms with Gasteiger partial charge in [0.25, 0.3) is 0 Å². The third kappa shape index (κ3) is 2.66. The van der Waals surface area contributed by atoms with Crippen LogP contribution in [-0.4, -0.2) is 36.5 Å². The molecule has 1 heterocycles. The molecule has 1 saturated heterocycles. The van der Waals surface area contributed by atoms with Gasteiger partial charge in [-0.1, -0.05) is 42.5 Å². The van der Waals surface area contributed by atoms with Crippen molar-refractivity contribution in [1.82, 2.24) is 4.90 Å². The Bertz CT molecular complexity index is 621. The second-order valence-electron chi connectivity index (χ2n) is 5.19. The van der Waals surface area contributed by atoms with E-state index in [4.69, 9.17) is 15.9 Å². The number of hydrogen-bond acceptors (Lipinski definition) is 3. The second kappa shape index (κ2) is 5.61. The van der Waals surface area contributed by atoms with Gasteiger partial charge in [0.2, 0.25) is 0 Å². The first-order valence-electron chi connectivity index (χ1n) is 6.88. The van der Waals surface area contributed by atoms with Crippen LogP contribution in [0.15, 0.2) is 42.5 Å². The minimum atomic E-state index is -0.265. The van der Waals surface area contributed by atoms with E-state index >= 15 is 0 Å². The predicted octanol–water partition coefficient (Wildman–Crippen LogP) is 1.98. The largest absolute Gasteiger partial charge is 0.385 e. The average Bonchev–Trinajstić information content (AvgIpc) is 2.48. The highest BCUT2D eigenvalue weighted by atomic mass is 16.5. The Balaban J connectivity index is 1.81. The summed E-state index contributed by atoms with van der Waals surface area (Å²) in [6.45, 7) is 3.08. The monoisotopic (exact) mass is 269 g/mol. The van der Waals surface area contributed by atoms with Crippen molar-refractivity contribution >= 4 is 16.6 Å². The smallest absolute Gasteiger partial charge is 0.127 e. The van der Waals surface area contributed by atoms with Gasteiger partial charge in [-0.3, -0.25) is 10.3 Å². The number of hydrogen-bond donors (Lipinski definition) is 2. The molecular weight excluding hydrogens is 250 g/mol. The maximum absolute atomic E-state index is 7.52. The summed E-state index contributed by atoms with van der Waals surface area (Å²) in [6, 6.07) is 14.8. The Morgan fingerprint density at radius 1 is 1.25 bits per heavy atom. The lowest BCUT2D eigenvalue weighted by atomic mass is 10.0. The lowest BCUT2D eigenvalue weighted by molar-refractivity contribution is 0.00251. The molecule has 0 radical (unpaired) electrons. The number of ether oxygens (including phenoxy) is 1. The molecule has 0 amide bonds. The summed E-state index contributed by atoms with van der Waals surface area (Å²) in [5.41, 5.74) is 6.86. The number of fused-ring (bicyclic) bond motifs is 1. The van der Waals surface area contributed by atoms with Gasteiger partial charge in [-0.2, -0.15) is 0 Å². The van der Waals surface area contributed by atoms with Gasteiger partial charge in [0, 0.05) is 19.6 Å². The predicted molar refractivity (Wildman–Crippen MR) is 80.9 cm³/mol. The molecule has 4 nitrogen and oxygen atoms in total. The molecule has 1 atom stereocenters. The first-order valence-corrected chi connectivity index (χ1v) is 6.88. The number of amidine groups is 1. The molecule has 1 aliphatic rings. The van der Waals surface area contributed by atoms with E-state index in [0.29, 0.717) is 13.2 Å². The summed E-state index contributed by atoms with van der Waals surface area (Å²) in [4.78, 5) is 2.30. The van der Waals surface area contributed by atoms with Crippen molar-refractivity contribution in [2.24, 2.45) is 5.73 Å². The Labute approximate surface area is 118 Å². The summed E-state index contributed by atoms with van der Waals surface area (Å²) < 4.78 is 5.50. The van der Waals surface area contributed by atoms with Crippen LogP contribution in [0.5, 0.6) is 0 Å².